The Kier molecular flexibility index (Phi) is 10.5. The van der Waals surface area contributed by atoms with Crippen molar-refractivity contribution in [3.63, 3.8) is 0 Å². The van der Waals surface area contributed by atoms with Crippen LogP contribution in [0.1, 0.15) is 64.5 Å². The van der Waals surface area contributed by atoms with Crippen LogP contribution < -0.4 is 42.6 Å². The second kappa shape index (κ2) is 16.0. The smallest absolute Gasteiger partial charge is 0.349 e. The predicted octanol–water partition coefficient (Wildman–Crippen LogP) is 4.36. The maximum Gasteiger partial charge on any atom is 0.349 e. The average molecular weight is 772 g/mol. The quantitative estimate of drug-likeness (QED) is 0.0875. The number of hydrogen-bond donors (Lipinski definition) is 0. The molecule has 57 heavy (non-hydrogen) atoms. The van der Waals surface area contributed by atoms with Crippen molar-refractivity contribution in [3.05, 3.63) is 176 Å². The largest absolute Gasteiger partial charge is 0.619 e. The Bertz CT molecular complexity index is 2280. The maximum absolute atomic E-state index is 13.2. The van der Waals surface area contributed by atoms with E-state index < -0.39 is 17.9 Å². The first kappa shape index (κ1) is 37.6. The molecule has 7 rings (SSSR count). The van der Waals surface area contributed by atoms with E-state index in [9.17, 15) is 30.0 Å². The molecule has 1 aliphatic rings. The molecule has 0 atom stereocenters. The van der Waals surface area contributed by atoms with Crippen LogP contribution in [0.25, 0.3) is 0 Å². The minimum atomic E-state index is -0.777. The van der Waals surface area contributed by atoms with Gasteiger partial charge in [0, 0.05) is 18.2 Å². The van der Waals surface area contributed by atoms with E-state index in [2.05, 4.69) is 0 Å². The number of methoxy groups -OCH3 is 3. The van der Waals surface area contributed by atoms with Crippen LogP contribution in [0.2, 0.25) is 0 Å². The molecule has 0 radical (unpaired) electrons. The molecule has 3 aromatic carbocycles. The minimum Gasteiger partial charge on any atom is -0.619 e. The Hall–Kier alpha value is -7.68. The Morgan fingerprint density at radius 1 is 0.439 bits per heavy atom. The molecule has 1 aliphatic carbocycles. The summed E-state index contributed by atoms with van der Waals surface area (Å²) in [5.74, 6) is -1.31. The first-order valence-electron chi connectivity index (χ1n) is 17.3. The van der Waals surface area contributed by atoms with Crippen LogP contribution in [0.5, 0.6) is 34.5 Å². The summed E-state index contributed by atoms with van der Waals surface area (Å²) in [4.78, 5) is 39.6. The third kappa shape index (κ3) is 8.22. The number of esters is 3. The van der Waals surface area contributed by atoms with Crippen molar-refractivity contribution in [1.82, 2.24) is 0 Å². The van der Waals surface area contributed by atoms with Crippen molar-refractivity contribution in [3.8, 4) is 34.5 Å². The number of fused-ring (bicyclic) bond motifs is 3. The third-order valence-corrected chi connectivity index (χ3v) is 9.24. The van der Waals surface area contributed by atoms with Gasteiger partial charge < -0.3 is 44.0 Å². The highest BCUT2D eigenvalue weighted by Crippen LogP contribution is 2.41. The maximum atomic E-state index is 13.2. The number of rotatable bonds is 9. The first-order chi connectivity index (χ1) is 27.5. The Balaban J connectivity index is 1.35. The molecular formula is C42H33N3O12. The van der Waals surface area contributed by atoms with E-state index in [4.69, 9.17) is 28.4 Å². The van der Waals surface area contributed by atoms with Crippen molar-refractivity contribution >= 4 is 17.9 Å². The lowest BCUT2D eigenvalue weighted by Gasteiger charge is -2.17. The molecule has 0 unspecified atom stereocenters. The van der Waals surface area contributed by atoms with Gasteiger partial charge in [-0.05, 0) is 107 Å². The molecule has 15 heteroatoms. The first-order valence-corrected chi connectivity index (χ1v) is 17.3. The normalized spacial score (nSPS) is 11.6. The van der Waals surface area contributed by atoms with Gasteiger partial charge in [0.05, 0.1) is 21.3 Å². The van der Waals surface area contributed by atoms with Crippen molar-refractivity contribution in [2.75, 3.05) is 21.3 Å². The molecule has 288 valence electrons. The molecule has 0 amide bonds. The summed E-state index contributed by atoms with van der Waals surface area (Å²) < 4.78 is 35.9. The molecule has 3 heterocycles. The van der Waals surface area contributed by atoms with Gasteiger partial charge in [-0.1, -0.05) is 0 Å². The monoisotopic (exact) mass is 771 g/mol. The van der Waals surface area contributed by atoms with Gasteiger partial charge in [0.1, 0.15) is 16.7 Å². The number of ether oxygens (including phenoxy) is 6. The highest BCUT2D eigenvalue weighted by Gasteiger charge is 2.26. The molecule has 0 saturated carbocycles. The fourth-order valence-electron chi connectivity index (χ4n) is 6.46. The van der Waals surface area contributed by atoms with Crippen LogP contribution in [-0.4, -0.2) is 39.2 Å². The number of benzene rings is 3. The van der Waals surface area contributed by atoms with Gasteiger partial charge in [-0.2, -0.15) is 14.2 Å². The summed E-state index contributed by atoms with van der Waals surface area (Å²) in [5, 5.41) is 35.7. The molecule has 15 nitrogen and oxygen atoms in total. The Morgan fingerprint density at radius 2 is 0.684 bits per heavy atom. The van der Waals surface area contributed by atoms with Gasteiger partial charge in [-0.15, -0.1) is 0 Å². The van der Waals surface area contributed by atoms with Crippen LogP contribution in [0.4, 0.5) is 0 Å². The Morgan fingerprint density at radius 3 is 0.912 bits per heavy atom. The van der Waals surface area contributed by atoms with E-state index in [1.165, 1.54) is 76.3 Å². The molecular weight excluding hydrogens is 738 g/mol. The fourth-order valence-corrected chi connectivity index (χ4v) is 6.46. The summed E-state index contributed by atoms with van der Waals surface area (Å²) in [6, 6.07) is 18.9. The van der Waals surface area contributed by atoms with Gasteiger partial charge in [0.15, 0.2) is 71.7 Å². The number of pyridine rings is 3. The average Bonchev–Trinajstić information content (AvgIpc) is 3.25. The summed E-state index contributed by atoms with van der Waals surface area (Å²) in [6.45, 7) is 0. The molecule has 0 spiro atoms. The summed E-state index contributed by atoms with van der Waals surface area (Å²) in [6.07, 6.45) is 7.87. The molecule has 0 saturated heterocycles. The van der Waals surface area contributed by atoms with Crippen LogP contribution in [0.3, 0.4) is 0 Å². The number of carbonyl (C=O) groups excluding carboxylic acids is 3. The fraction of sp³-hybridized carbons (Fsp3) is 0.143. The zero-order valence-electron chi connectivity index (χ0n) is 30.8. The lowest BCUT2D eigenvalue weighted by atomic mass is 9.94. The summed E-state index contributed by atoms with van der Waals surface area (Å²) >= 11 is 0. The van der Waals surface area contributed by atoms with E-state index in [0.29, 0.717) is 14.2 Å². The minimum absolute atomic E-state index is 0.0290. The van der Waals surface area contributed by atoms with Gasteiger partial charge in [-0.3, -0.25) is 0 Å². The molecule has 3 aromatic heterocycles. The van der Waals surface area contributed by atoms with E-state index in [0.717, 1.165) is 52.0 Å². The van der Waals surface area contributed by atoms with Crippen molar-refractivity contribution in [2.45, 2.75) is 19.3 Å². The second-order valence-electron chi connectivity index (χ2n) is 12.9. The lowest BCUT2D eigenvalue weighted by molar-refractivity contribution is -0.605. The van der Waals surface area contributed by atoms with Gasteiger partial charge in [-0.25, -0.2) is 14.4 Å². The molecule has 6 aromatic rings. The number of aromatic nitrogens is 3. The summed E-state index contributed by atoms with van der Waals surface area (Å²) in [7, 11) is 4.30. The van der Waals surface area contributed by atoms with Gasteiger partial charge in [0.2, 0.25) is 0 Å². The number of nitrogens with zero attached hydrogens (tertiary/aromatic N) is 3. The van der Waals surface area contributed by atoms with E-state index in [1.807, 2.05) is 0 Å². The highest BCUT2D eigenvalue weighted by molar-refractivity contribution is 5.92. The van der Waals surface area contributed by atoms with Crippen molar-refractivity contribution in [2.24, 2.45) is 0 Å². The number of hydrogen-bond acceptors (Lipinski definition) is 12. The van der Waals surface area contributed by atoms with Crippen LogP contribution >= 0.6 is 0 Å². The van der Waals surface area contributed by atoms with Crippen molar-refractivity contribution < 1.29 is 57.0 Å². The zero-order chi connectivity index (χ0) is 40.2. The lowest BCUT2D eigenvalue weighted by Crippen LogP contribution is -2.26. The number of carbonyl (C=O) groups is 3. The van der Waals surface area contributed by atoms with E-state index in [1.54, 1.807) is 36.4 Å². The second-order valence-corrected chi connectivity index (χ2v) is 12.9. The zero-order valence-corrected chi connectivity index (χ0v) is 30.8. The molecule has 0 aliphatic heterocycles. The topological polar surface area (TPSA) is 187 Å². The van der Waals surface area contributed by atoms with Gasteiger partial charge in [0.25, 0.3) is 0 Å². The predicted molar refractivity (Wildman–Crippen MR) is 198 cm³/mol. The molecule has 0 fully saturated rings. The molecule has 0 bridgehead atoms. The van der Waals surface area contributed by atoms with Crippen LogP contribution in [0.15, 0.2) is 110 Å². The highest BCUT2D eigenvalue weighted by atomic mass is 16.6. The van der Waals surface area contributed by atoms with E-state index >= 15 is 0 Å². The van der Waals surface area contributed by atoms with E-state index in [-0.39, 0.29) is 70.4 Å². The SMILES string of the molecule is COc1cc2c(cc1OC(=O)c1ccc[n+]([O-])c1)Cc1cc(OC)c(OC(=O)c3ccc[n+]([O-])c3)cc1Cc1cc(OC)c(OC(=O)c3ccc[n+]([O-])c3)cc1C2. The standard InChI is InChI=1S/C42H33N3O12/c1-52-34-16-28-13-32-20-38(56-41(47)26-8-5-11-44(50)23-26)36(54-3)18-30(32)15-33-21-39(57-42(48)27-9-6-12-45(51)24-27)35(53-2)17-29(33)14-31(28)19-37(34)55-40(46)25-7-4-10-43(49)22-25/h4-12,16-24H,13-15H2,1-3H3. The summed E-state index contributed by atoms with van der Waals surface area (Å²) in [5.41, 5.74) is 4.53. The Labute approximate surface area is 325 Å². The third-order valence-electron chi connectivity index (χ3n) is 9.24. The van der Waals surface area contributed by atoms with Gasteiger partial charge >= 0.3 is 17.9 Å². The van der Waals surface area contributed by atoms with Crippen molar-refractivity contribution in [1.29, 1.82) is 0 Å². The van der Waals surface area contributed by atoms with Crippen LogP contribution in [-0.2, 0) is 19.3 Å². The van der Waals surface area contributed by atoms with Crippen LogP contribution in [0, 0.1) is 15.6 Å². The molecule has 0 N–H and O–H groups in total.